The Morgan fingerprint density at radius 1 is 0.404 bits per heavy atom. The van der Waals surface area contributed by atoms with Gasteiger partial charge in [-0.25, -0.2) is 9.97 Å². The number of aromatic hydroxyl groups is 4. The van der Waals surface area contributed by atoms with Gasteiger partial charge >= 0.3 is 0 Å². The van der Waals surface area contributed by atoms with Crippen molar-refractivity contribution in [3.63, 3.8) is 0 Å². The summed E-state index contributed by atoms with van der Waals surface area (Å²) >= 11 is 0. The van der Waals surface area contributed by atoms with Gasteiger partial charge in [-0.05, 0) is 119 Å². The molecule has 2 aliphatic heterocycles. The van der Waals surface area contributed by atoms with Gasteiger partial charge in [0.2, 0.25) is 0 Å². The third-order valence-electron chi connectivity index (χ3n) is 9.26. The second-order valence-corrected chi connectivity index (χ2v) is 12.8. The van der Waals surface area contributed by atoms with Gasteiger partial charge in [-0.15, -0.1) is 0 Å². The van der Waals surface area contributed by atoms with Gasteiger partial charge in [-0.3, -0.25) is 0 Å². The molecule has 8 heteroatoms. The molecule has 0 amide bonds. The molecule has 9 rings (SSSR count). The zero-order valence-corrected chi connectivity index (χ0v) is 27.5. The van der Waals surface area contributed by atoms with Gasteiger partial charge in [0, 0.05) is 38.8 Å². The van der Waals surface area contributed by atoms with Crippen LogP contribution in [-0.4, -0.2) is 40.4 Å². The van der Waals surface area contributed by atoms with Crippen LogP contribution in [0.15, 0.2) is 127 Å². The third-order valence-corrected chi connectivity index (χ3v) is 9.26. The van der Waals surface area contributed by atoms with Gasteiger partial charge in [-0.1, -0.05) is 48.5 Å². The number of fused-ring (bicyclic) bond motifs is 8. The SMILES string of the molecule is Oc1ccc(C2=Cc3cc4ccc(cc5nc(cc6[nH]c(c(-c7ccc(O)cc7)c2n3)c(-c2ccc(O)cc2)c6-c2ccc(O)cc2)C=C5)[nH]4)cc1. The largest absolute Gasteiger partial charge is 0.508 e. The van der Waals surface area contributed by atoms with Gasteiger partial charge in [0.05, 0.1) is 28.3 Å². The highest BCUT2D eigenvalue weighted by Gasteiger charge is 2.24. The molecule has 3 aromatic heterocycles. The minimum absolute atomic E-state index is 0.127. The number of phenolic OH excluding ortho intramolecular Hbond substituents is 4. The zero-order valence-electron chi connectivity index (χ0n) is 27.5. The first-order valence-corrected chi connectivity index (χ1v) is 16.7. The second kappa shape index (κ2) is 12.2. The van der Waals surface area contributed by atoms with E-state index in [1.165, 1.54) is 0 Å². The number of nitrogens with one attached hydrogen (secondary N) is 2. The van der Waals surface area contributed by atoms with Crippen LogP contribution >= 0.6 is 0 Å². The molecule has 250 valence electrons. The Kier molecular flexibility index (Phi) is 7.22. The molecule has 5 heterocycles. The van der Waals surface area contributed by atoms with E-state index in [0.29, 0.717) is 11.4 Å². The van der Waals surface area contributed by atoms with Crippen LogP contribution in [0.2, 0.25) is 0 Å². The summed E-state index contributed by atoms with van der Waals surface area (Å²) in [5.41, 5.74) is 12.8. The van der Waals surface area contributed by atoms with E-state index < -0.39 is 0 Å². The summed E-state index contributed by atoms with van der Waals surface area (Å²) in [5.74, 6) is 0.562. The van der Waals surface area contributed by atoms with Crippen molar-refractivity contribution in [2.75, 3.05) is 0 Å². The molecular weight excluding hydrogens is 649 g/mol. The van der Waals surface area contributed by atoms with Crippen LogP contribution in [0.5, 0.6) is 23.0 Å². The van der Waals surface area contributed by atoms with E-state index in [-0.39, 0.29) is 23.0 Å². The first-order chi connectivity index (χ1) is 25.3. The molecule has 0 atom stereocenters. The Hall–Kier alpha value is -7.32. The van der Waals surface area contributed by atoms with E-state index in [2.05, 4.69) is 9.97 Å². The predicted octanol–water partition coefficient (Wildman–Crippen LogP) is 9.90. The number of aromatic amines is 2. The Bertz CT molecular complexity index is 2740. The Balaban J connectivity index is 1.53. The highest BCUT2D eigenvalue weighted by molar-refractivity contribution is 6.11. The normalized spacial score (nSPS) is 12.2. The maximum Gasteiger partial charge on any atom is 0.115 e. The van der Waals surface area contributed by atoms with Crippen LogP contribution in [0.1, 0.15) is 28.3 Å². The third kappa shape index (κ3) is 5.64. The summed E-state index contributed by atoms with van der Waals surface area (Å²) in [4.78, 5) is 17.5. The van der Waals surface area contributed by atoms with E-state index in [0.717, 1.165) is 78.0 Å². The van der Waals surface area contributed by atoms with Gasteiger partial charge < -0.3 is 30.4 Å². The molecule has 6 N–H and O–H groups in total. The fourth-order valence-corrected chi connectivity index (χ4v) is 6.87. The number of nitrogens with zero attached hydrogens (tertiary/aromatic N) is 2. The first-order valence-electron chi connectivity index (χ1n) is 16.7. The molecule has 0 spiro atoms. The van der Waals surface area contributed by atoms with E-state index >= 15 is 0 Å². The maximum absolute atomic E-state index is 10.4. The zero-order chi connectivity index (χ0) is 35.3. The minimum atomic E-state index is 0.127. The van der Waals surface area contributed by atoms with Crippen molar-refractivity contribution >= 4 is 45.9 Å². The monoisotopic (exact) mass is 678 g/mol. The van der Waals surface area contributed by atoms with Crippen LogP contribution in [-0.2, 0) is 0 Å². The lowest BCUT2D eigenvalue weighted by Gasteiger charge is -2.13. The van der Waals surface area contributed by atoms with Crippen LogP contribution in [0.3, 0.4) is 0 Å². The molecule has 4 aromatic carbocycles. The number of hydrogen-bond acceptors (Lipinski definition) is 6. The van der Waals surface area contributed by atoms with E-state index in [1.807, 2.05) is 97.1 Å². The van der Waals surface area contributed by atoms with Crippen molar-refractivity contribution in [1.29, 1.82) is 0 Å². The van der Waals surface area contributed by atoms with Crippen molar-refractivity contribution in [1.82, 2.24) is 19.9 Å². The van der Waals surface area contributed by atoms with Crippen molar-refractivity contribution in [2.24, 2.45) is 0 Å². The topological polar surface area (TPSA) is 138 Å². The molecule has 0 saturated carbocycles. The molecule has 52 heavy (non-hydrogen) atoms. The fourth-order valence-electron chi connectivity index (χ4n) is 6.87. The molecule has 0 unspecified atom stereocenters. The fraction of sp³-hybridized carbons (Fsp3) is 0. The summed E-state index contributed by atoms with van der Waals surface area (Å²) in [5, 5.41) is 41.3. The molecule has 0 aliphatic carbocycles. The lowest BCUT2D eigenvalue weighted by molar-refractivity contribution is 0.475. The van der Waals surface area contributed by atoms with Crippen LogP contribution < -0.4 is 0 Å². The van der Waals surface area contributed by atoms with Crippen LogP contribution in [0.25, 0.3) is 79.2 Å². The lowest BCUT2D eigenvalue weighted by Crippen LogP contribution is -1.93. The highest BCUT2D eigenvalue weighted by Crippen LogP contribution is 2.46. The average Bonchev–Trinajstić information content (AvgIpc) is 3.95. The lowest BCUT2D eigenvalue weighted by atomic mass is 9.91. The van der Waals surface area contributed by atoms with Gasteiger partial charge in [0.25, 0.3) is 0 Å². The van der Waals surface area contributed by atoms with E-state index in [9.17, 15) is 20.4 Å². The quantitative estimate of drug-likeness (QED) is 0.110. The predicted molar refractivity (Wildman–Crippen MR) is 206 cm³/mol. The van der Waals surface area contributed by atoms with E-state index in [1.54, 1.807) is 48.5 Å². The molecule has 2 aliphatic rings. The molecule has 7 aromatic rings. The molecule has 0 radical (unpaired) electrons. The Labute approximate surface area is 297 Å². The van der Waals surface area contributed by atoms with Gasteiger partial charge in [0.1, 0.15) is 23.0 Å². The van der Waals surface area contributed by atoms with Gasteiger partial charge in [0.15, 0.2) is 0 Å². The first kappa shape index (κ1) is 30.7. The van der Waals surface area contributed by atoms with Crippen molar-refractivity contribution in [3.05, 3.63) is 156 Å². The molecule has 0 saturated heterocycles. The molecule has 8 nitrogen and oxygen atoms in total. The molecule has 8 bridgehead atoms. The van der Waals surface area contributed by atoms with Crippen LogP contribution in [0.4, 0.5) is 0 Å². The minimum Gasteiger partial charge on any atom is -0.508 e. The van der Waals surface area contributed by atoms with Crippen molar-refractivity contribution < 1.29 is 20.4 Å². The molecular formula is C44H30N4O4. The molecule has 0 fully saturated rings. The number of benzene rings is 4. The van der Waals surface area contributed by atoms with E-state index in [4.69, 9.17) is 9.97 Å². The summed E-state index contributed by atoms with van der Waals surface area (Å²) < 4.78 is 0. The highest BCUT2D eigenvalue weighted by atomic mass is 16.3. The number of aromatic nitrogens is 4. The summed E-state index contributed by atoms with van der Waals surface area (Å²) in [6, 6.07) is 38.2. The second-order valence-electron chi connectivity index (χ2n) is 12.8. The maximum atomic E-state index is 10.4. The van der Waals surface area contributed by atoms with Crippen molar-refractivity contribution in [3.8, 4) is 56.4 Å². The van der Waals surface area contributed by atoms with Gasteiger partial charge in [-0.2, -0.15) is 0 Å². The number of phenols is 4. The summed E-state index contributed by atoms with van der Waals surface area (Å²) in [7, 11) is 0. The number of rotatable bonds is 4. The Morgan fingerprint density at radius 2 is 0.865 bits per heavy atom. The summed E-state index contributed by atoms with van der Waals surface area (Å²) in [6.07, 6.45) is 5.98. The standard InChI is InChI=1S/C44H30N4O4/c49-34-13-1-25(2-14-34)38-23-33-22-31-10-9-29(45-31)21-30-11-12-32(46-30)24-39-40(26-3-15-35(50)16-4-26)41(27-5-17-36(51)18-6-27)44(48-39)42(43(38)47-33)28-7-19-37(52)20-8-28/h1-24,45,48-52H. The number of H-pyrrole nitrogens is 2. The van der Waals surface area contributed by atoms with Crippen molar-refractivity contribution in [2.45, 2.75) is 0 Å². The van der Waals surface area contributed by atoms with Crippen LogP contribution in [0, 0.1) is 0 Å². The smallest absolute Gasteiger partial charge is 0.115 e. The average molecular weight is 679 g/mol. The Morgan fingerprint density at radius 3 is 1.42 bits per heavy atom. The number of hydrogen-bond donors (Lipinski definition) is 6. The summed E-state index contributed by atoms with van der Waals surface area (Å²) in [6.45, 7) is 0.